The van der Waals surface area contributed by atoms with Crippen molar-refractivity contribution in [2.24, 2.45) is 5.92 Å². The Hall–Kier alpha value is -1.12. The molecule has 1 unspecified atom stereocenters. The summed E-state index contributed by atoms with van der Waals surface area (Å²) in [6.45, 7) is 3.24. The molecule has 0 aliphatic heterocycles. The van der Waals surface area contributed by atoms with E-state index in [1.807, 2.05) is 11.3 Å². The molecule has 2 aromatic rings. The van der Waals surface area contributed by atoms with Crippen LogP contribution in [0.4, 0.5) is 0 Å². The van der Waals surface area contributed by atoms with Gasteiger partial charge < -0.3 is 5.32 Å². The first-order chi connectivity index (χ1) is 10.3. The average molecular weight is 299 g/mol. The Morgan fingerprint density at radius 2 is 2.05 bits per heavy atom. The number of nitrogens with one attached hydrogen (secondary N) is 1. The third-order valence-electron chi connectivity index (χ3n) is 4.58. The van der Waals surface area contributed by atoms with Gasteiger partial charge in [-0.2, -0.15) is 0 Å². The van der Waals surface area contributed by atoms with Crippen LogP contribution in [0, 0.1) is 12.8 Å². The van der Waals surface area contributed by atoms with Gasteiger partial charge in [-0.25, -0.2) is 0 Å². The maximum atomic E-state index is 3.84. The molecule has 1 aliphatic carbocycles. The second-order valence-electron chi connectivity index (χ2n) is 6.23. The molecule has 0 spiro atoms. The molecular formula is C19H25NS. The fourth-order valence-electron chi connectivity index (χ4n) is 3.50. The van der Waals surface area contributed by atoms with Crippen LogP contribution in [-0.4, -0.2) is 6.54 Å². The molecule has 0 radical (unpaired) electrons. The Bertz CT molecular complexity index is 540. The van der Waals surface area contributed by atoms with Crippen molar-refractivity contribution < 1.29 is 0 Å². The summed E-state index contributed by atoms with van der Waals surface area (Å²) in [6, 6.07) is 13.9. The molecule has 21 heavy (non-hydrogen) atoms. The summed E-state index contributed by atoms with van der Waals surface area (Å²) in [5.74, 6) is 0.834. The van der Waals surface area contributed by atoms with E-state index in [9.17, 15) is 0 Å². The topological polar surface area (TPSA) is 12.0 Å². The molecule has 0 saturated heterocycles. The van der Waals surface area contributed by atoms with Crippen molar-refractivity contribution in [2.45, 2.75) is 45.1 Å². The first kappa shape index (κ1) is 14.8. The zero-order valence-corrected chi connectivity index (χ0v) is 13.7. The van der Waals surface area contributed by atoms with E-state index >= 15 is 0 Å². The third kappa shape index (κ3) is 3.96. The van der Waals surface area contributed by atoms with E-state index in [1.54, 1.807) is 0 Å². The van der Waals surface area contributed by atoms with E-state index in [4.69, 9.17) is 0 Å². The fraction of sp³-hybridized carbons (Fsp3) is 0.474. The van der Waals surface area contributed by atoms with Gasteiger partial charge in [-0.05, 0) is 55.7 Å². The van der Waals surface area contributed by atoms with Crippen LogP contribution in [0.3, 0.4) is 0 Å². The van der Waals surface area contributed by atoms with Crippen molar-refractivity contribution in [2.75, 3.05) is 6.54 Å². The van der Waals surface area contributed by atoms with Crippen LogP contribution in [0.2, 0.25) is 0 Å². The summed E-state index contributed by atoms with van der Waals surface area (Å²) < 4.78 is 0. The lowest BCUT2D eigenvalue weighted by atomic mass is 9.96. The minimum absolute atomic E-state index is 0.567. The van der Waals surface area contributed by atoms with Gasteiger partial charge in [0.25, 0.3) is 0 Å². The van der Waals surface area contributed by atoms with Gasteiger partial charge >= 0.3 is 0 Å². The second kappa shape index (κ2) is 7.24. The first-order valence-electron chi connectivity index (χ1n) is 8.15. The maximum Gasteiger partial charge on any atom is 0.0443 e. The van der Waals surface area contributed by atoms with Crippen molar-refractivity contribution in [3.8, 4) is 0 Å². The average Bonchev–Trinajstić information content (AvgIpc) is 3.17. The van der Waals surface area contributed by atoms with Crippen LogP contribution < -0.4 is 5.32 Å². The minimum Gasteiger partial charge on any atom is -0.309 e. The monoisotopic (exact) mass is 299 g/mol. The highest BCUT2D eigenvalue weighted by Crippen LogP contribution is 2.37. The molecular weight excluding hydrogens is 274 g/mol. The van der Waals surface area contributed by atoms with Gasteiger partial charge in [0, 0.05) is 10.9 Å². The van der Waals surface area contributed by atoms with Crippen LogP contribution in [0.25, 0.3) is 0 Å². The maximum absolute atomic E-state index is 3.84. The fourth-order valence-corrected chi connectivity index (χ4v) is 4.39. The molecule has 0 bridgehead atoms. The molecule has 112 valence electrons. The number of thiophene rings is 1. The number of hydrogen-bond donors (Lipinski definition) is 1. The van der Waals surface area contributed by atoms with Crippen LogP contribution in [-0.2, 0) is 6.42 Å². The van der Waals surface area contributed by atoms with E-state index in [-0.39, 0.29) is 0 Å². The molecule has 1 fully saturated rings. The number of hydrogen-bond acceptors (Lipinski definition) is 2. The molecule has 1 heterocycles. The zero-order valence-electron chi connectivity index (χ0n) is 12.8. The largest absolute Gasteiger partial charge is 0.309 e. The van der Waals surface area contributed by atoms with Crippen LogP contribution in [0.5, 0.6) is 0 Å². The molecule has 0 amide bonds. The van der Waals surface area contributed by atoms with Crippen LogP contribution >= 0.6 is 11.3 Å². The molecule has 1 aromatic heterocycles. The highest BCUT2D eigenvalue weighted by atomic mass is 32.1. The molecule has 3 rings (SSSR count). The predicted octanol–water partition coefficient (Wildman–Crippen LogP) is 5.12. The van der Waals surface area contributed by atoms with Gasteiger partial charge in [0.2, 0.25) is 0 Å². The Labute approximate surface area is 132 Å². The molecule has 1 aromatic carbocycles. The smallest absolute Gasteiger partial charge is 0.0443 e. The van der Waals surface area contributed by atoms with E-state index in [0.29, 0.717) is 6.04 Å². The summed E-state index contributed by atoms with van der Waals surface area (Å²) in [6.07, 6.45) is 6.72. The van der Waals surface area contributed by atoms with E-state index in [1.165, 1.54) is 41.7 Å². The van der Waals surface area contributed by atoms with Gasteiger partial charge in [-0.1, -0.05) is 48.7 Å². The summed E-state index contributed by atoms with van der Waals surface area (Å²) in [5.41, 5.74) is 2.80. The summed E-state index contributed by atoms with van der Waals surface area (Å²) >= 11 is 1.90. The van der Waals surface area contributed by atoms with Gasteiger partial charge in [0.1, 0.15) is 0 Å². The number of benzene rings is 1. The molecule has 1 atom stereocenters. The van der Waals surface area contributed by atoms with E-state index < -0.39 is 0 Å². The number of aryl methyl sites for hydroxylation is 1. The molecule has 1 saturated carbocycles. The van der Waals surface area contributed by atoms with E-state index in [0.717, 1.165) is 18.9 Å². The Balaban J connectivity index is 1.60. The lowest BCUT2D eigenvalue weighted by Gasteiger charge is -2.24. The summed E-state index contributed by atoms with van der Waals surface area (Å²) in [4.78, 5) is 1.52. The van der Waals surface area contributed by atoms with Crippen molar-refractivity contribution in [1.82, 2.24) is 5.32 Å². The lowest BCUT2D eigenvalue weighted by Crippen LogP contribution is -2.28. The van der Waals surface area contributed by atoms with Crippen molar-refractivity contribution in [3.05, 3.63) is 57.8 Å². The Kier molecular flexibility index (Phi) is 5.10. The van der Waals surface area contributed by atoms with Crippen molar-refractivity contribution >= 4 is 11.3 Å². The van der Waals surface area contributed by atoms with Gasteiger partial charge in [0.15, 0.2) is 0 Å². The highest BCUT2D eigenvalue weighted by Gasteiger charge is 2.26. The Morgan fingerprint density at radius 3 is 2.76 bits per heavy atom. The lowest BCUT2D eigenvalue weighted by molar-refractivity contribution is 0.374. The third-order valence-corrected chi connectivity index (χ3v) is 5.54. The Morgan fingerprint density at radius 1 is 1.19 bits per heavy atom. The second-order valence-corrected chi connectivity index (χ2v) is 7.21. The van der Waals surface area contributed by atoms with Crippen LogP contribution in [0.15, 0.2) is 41.8 Å². The van der Waals surface area contributed by atoms with Crippen molar-refractivity contribution in [1.29, 1.82) is 0 Å². The zero-order chi connectivity index (χ0) is 14.5. The SMILES string of the molecule is Cc1cccc(CCNC(c2cccs2)C2CCCC2)c1. The standard InChI is InChI=1S/C19H25NS/c1-15-6-4-7-16(14-15)11-12-20-19(17-8-2-3-9-17)18-10-5-13-21-18/h4-7,10,13-14,17,19-20H,2-3,8-9,11-12H2,1H3. The van der Waals surface area contributed by atoms with E-state index in [2.05, 4.69) is 54.0 Å². The molecule has 1 aliphatic rings. The molecule has 1 N–H and O–H groups in total. The number of rotatable bonds is 6. The quantitative estimate of drug-likeness (QED) is 0.780. The highest BCUT2D eigenvalue weighted by molar-refractivity contribution is 7.10. The van der Waals surface area contributed by atoms with Crippen LogP contribution in [0.1, 0.15) is 47.7 Å². The van der Waals surface area contributed by atoms with Crippen molar-refractivity contribution in [3.63, 3.8) is 0 Å². The molecule has 2 heteroatoms. The normalized spacial score (nSPS) is 17.2. The molecule has 1 nitrogen and oxygen atoms in total. The minimum atomic E-state index is 0.567. The van der Waals surface area contributed by atoms with Gasteiger partial charge in [-0.3, -0.25) is 0 Å². The van der Waals surface area contributed by atoms with Gasteiger partial charge in [0.05, 0.1) is 0 Å². The summed E-state index contributed by atoms with van der Waals surface area (Å²) in [7, 11) is 0. The van der Waals surface area contributed by atoms with Gasteiger partial charge in [-0.15, -0.1) is 11.3 Å². The summed E-state index contributed by atoms with van der Waals surface area (Å²) in [5, 5.41) is 6.05. The predicted molar refractivity (Wildman–Crippen MR) is 91.9 cm³/mol. The first-order valence-corrected chi connectivity index (χ1v) is 9.03.